The molecule has 2 aliphatic rings. The Balaban J connectivity index is 1.97. The summed E-state index contributed by atoms with van der Waals surface area (Å²) in [6, 6.07) is 10.8. The van der Waals surface area contributed by atoms with Gasteiger partial charge in [-0.3, -0.25) is 0 Å². The summed E-state index contributed by atoms with van der Waals surface area (Å²) in [7, 11) is -0.372. The van der Waals surface area contributed by atoms with Crippen molar-refractivity contribution < 1.29 is 0 Å². The molecule has 0 amide bonds. The summed E-state index contributed by atoms with van der Waals surface area (Å²) >= 11 is 0. The van der Waals surface area contributed by atoms with E-state index in [1.165, 1.54) is 15.9 Å². The Kier molecular flexibility index (Phi) is 3.07. The minimum absolute atomic E-state index is 0.372. The molecule has 2 aliphatic carbocycles. The van der Waals surface area contributed by atoms with Crippen molar-refractivity contribution in [1.29, 1.82) is 0 Å². The molecule has 0 aliphatic heterocycles. The number of allylic oxidation sites excluding steroid dienone is 8. The molecule has 0 fully saturated rings. The molecule has 0 heterocycles. The fourth-order valence-electron chi connectivity index (χ4n) is 2.05. The fraction of sp³-hybridized carbons (Fsp3) is 0. The van der Waals surface area contributed by atoms with Crippen LogP contribution in [0.25, 0.3) is 0 Å². The first-order valence-electron chi connectivity index (χ1n) is 5.74. The van der Waals surface area contributed by atoms with Crippen molar-refractivity contribution >= 4 is 13.2 Å². The number of hydrogen-bond donors (Lipinski definition) is 0. The highest BCUT2D eigenvalue weighted by molar-refractivity contribution is 7.74. The van der Waals surface area contributed by atoms with Gasteiger partial charge in [0.25, 0.3) is 0 Å². The normalized spacial score (nSPS) is 17.7. The highest BCUT2D eigenvalue weighted by Gasteiger charge is 2.21. The third-order valence-electron chi connectivity index (χ3n) is 2.82. The van der Waals surface area contributed by atoms with Crippen LogP contribution in [0.5, 0.6) is 0 Å². The molecule has 0 aromatic heterocycles. The summed E-state index contributed by atoms with van der Waals surface area (Å²) in [5, 5.41) is 4.27. The van der Waals surface area contributed by atoms with Crippen LogP contribution >= 0.6 is 7.92 Å². The first-order chi connectivity index (χ1) is 8.45. The van der Waals surface area contributed by atoms with Crippen LogP contribution in [-0.2, 0) is 0 Å². The third kappa shape index (κ3) is 2.18. The van der Waals surface area contributed by atoms with E-state index in [4.69, 9.17) is 0 Å². The van der Waals surface area contributed by atoms with Crippen LogP contribution in [0.3, 0.4) is 0 Å². The van der Waals surface area contributed by atoms with Crippen molar-refractivity contribution in [3.63, 3.8) is 0 Å². The molecular formula is C16H13P. The van der Waals surface area contributed by atoms with Gasteiger partial charge in [-0.1, -0.05) is 66.8 Å². The van der Waals surface area contributed by atoms with E-state index in [1.54, 1.807) is 0 Å². The van der Waals surface area contributed by atoms with Gasteiger partial charge in [0, 0.05) is 12.8 Å². The maximum absolute atomic E-state index is 2.23. The molecular weight excluding hydrogens is 223 g/mol. The van der Waals surface area contributed by atoms with Gasteiger partial charge in [0.2, 0.25) is 0 Å². The van der Waals surface area contributed by atoms with E-state index in [2.05, 4.69) is 79.6 Å². The molecule has 2 radical (unpaired) electrons. The van der Waals surface area contributed by atoms with E-state index in [-0.39, 0.29) is 7.92 Å². The number of hydrogen-bond acceptors (Lipinski definition) is 0. The molecule has 1 aromatic carbocycles. The lowest BCUT2D eigenvalue weighted by Gasteiger charge is -2.20. The van der Waals surface area contributed by atoms with E-state index in [0.717, 1.165) is 0 Å². The highest BCUT2D eigenvalue weighted by atomic mass is 31.1. The van der Waals surface area contributed by atoms with E-state index >= 15 is 0 Å². The molecule has 0 N–H and O–H groups in total. The summed E-state index contributed by atoms with van der Waals surface area (Å²) in [6.45, 7) is 0. The molecule has 0 saturated heterocycles. The molecule has 1 aromatic rings. The average Bonchev–Trinajstić information content (AvgIpc) is 3.04. The Morgan fingerprint density at radius 1 is 0.647 bits per heavy atom. The zero-order valence-corrected chi connectivity index (χ0v) is 10.3. The van der Waals surface area contributed by atoms with Gasteiger partial charge in [0.05, 0.1) is 0 Å². The van der Waals surface area contributed by atoms with Gasteiger partial charge in [0.15, 0.2) is 0 Å². The standard InChI is InChI=1S/C16H13P/c1-2-8-14(9-3-1)17(15-10-4-5-11-15)16-12-6-7-13-16/h1-13H. The van der Waals surface area contributed by atoms with Gasteiger partial charge < -0.3 is 0 Å². The van der Waals surface area contributed by atoms with Gasteiger partial charge >= 0.3 is 0 Å². The highest BCUT2D eigenvalue weighted by Crippen LogP contribution is 2.55. The lowest BCUT2D eigenvalue weighted by atomic mass is 10.4. The summed E-state index contributed by atoms with van der Waals surface area (Å²) in [5.41, 5.74) is 0. The lowest BCUT2D eigenvalue weighted by molar-refractivity contribution is 1.71. The SMILES string of the molecule is [CH]1C=CC=C1P(C1=CC=C[CH]1)c1ccccc1. The van der Waals surface area contributed by atoms with Gasteiger partial charge in [-0.05, 0) is 23.9 Å². The third-order valence-corrected chi connectivity index (χ3v) is 5.26. The molecule has 0 unspecified atom stereocenters. The number of benzene rings is 1. The van der Waals surface area contributed by atoms with Crippen molar-refractivity contribution in [1.82, 2.24) is 0 Å². The second kappa shape index (κ2) is 4.85. The molecule has 0 bridgehead atoms. The quantitative estimate of drug-likeness (QED) is 0.693. The van der Waals surface area contributed by atoms with Gasteiger partial charge in [0.1, 0.15) is 0 Å². The largest absolute Gasteiger partial charge is 0.0760 e. The monoisotopic (exact) mass is 236 g/mol. The summed E-state index contributed by atoms with van der Waals surface area (Å²) in [5.74, 6) is 0. The maximum atomic E-state index is 2.23. The van der Waals surface area contributed by atoms with E-state index < -0.39 is 0 Å². The van der Waals surface area contributed by atoms with Crippen LogP contribution < -0.4 is 5.30 Å². The van der Waals surface area contributed by atoms with Crippen molar-refractivity contribution in [2.24, 2.45) is 0 Å². The van der Waals surface area contributed by atoms with Crippen molar-refractivity contribution in [2.45, 2.75) is 0 Å². The van der Waals surface area contributed by atoms with Crippen LogP contribution in [0.1, 0.15) is 0 Å². The van der Waals surface area contributed by atoms with E-state index in [0.29, 0.717) is 0 Å². The average molecular weight is 236 g/mol. The zero-order valence-electron chi connectivity index (χ0n) is 9.45. The Morgan fingerprint density at radius 2 is 1.24 bits per heavy atom. The van der Waals surface area contributed by atoms with Gasteiger partial charge in [-0.2, -0.15) is 0 Å². The van der Waals surface area contributed by atoms with Crippen molar-refractivity contribution in [2.75, 3.05) is 0 Å². The van der Waals surface area contributed by atoms with Crippen molar-refractivity contribution in [3.05, 3.63) is 90.3 Å². The molecule has 0 spiro atoms. The van der Waals surface area contributed by atoms with Gasteiger partial charge in [-0.15, -0.1) is 0 Å². The molecule has 0 saturated carbocycles. The molecule has 0 atom stereocenters. The van der Waals surface area contributed by atoms with Crippen LogP contribution in [-0.4, -0.2) is 0 Å². The fourth-order valence-corrected chi connectivity index (χ4v) is 4.36. The Morgan fingerprint density at radius 3 is 1.71 bits per heavy atom. The summed E-state index contributed by atoms with van der Waals surface area (Å²) < 4.78 is 0. The Labute approximate surface area is 104 Å². The Hall–Kier alpha value is -1.39. The second-order valence-corrected chi connectivity index (χ2v) is 6.18. The Bertz CT molecular complexity index is 488. The van der Waals surface area contributed by atoms with E-state index in [1.807, 2.05) is 0 Å². The second-order valence-electron chi connectivity index (χ2n) is 3.96. The smallest absolute Gasteiger partial charge is 0.0136 e. The summed E-state index contributed by atoms with van der Waals surface area (Å²) in [4.78, 5) is 0. The number of rotatable bonds is 3. The topological polar surface area (TPSA) is 0 Å². The molecule has 1 heteroatoms. The molecule has 0 nitrogen and oxygen atoms in total. The first kappa shape index (κ1) is 10.7. The van der Waals surface area contributed by atoms with Crippen LogP contribution in [0.4, 0.5) is 0 Å². The predicted molar refractivity (Wildman–Crippen MR) is 76.0 cm³/mol. The van der Waals surface area contributed by atoms with Gasteiger partial charge in [-0.25, -0.2) is 0 Å². The molecule has 3 rings (SSSR count). The van der Waals surface area contributed by atoms with E-state index in [9.17, 15) is 0 Å². The zero-order chi connectivity index (χ0) is 11.5. The summed E-state index contributed by atoms with van der Waals surface area (Å²) in [6.07, 6.45) is 17.4. The predicted octanol–water partition coefficient (Wildman–Crippen LogP) is 4.11. The first-order valence-corrected chi connectivity index (χ1v) is 7.08. The van der Waals surface area contributed by atoms with Crippen molar-refractivity contribution in [3.8, 4) is 0 Å². The van der Waals surface area contributed by atoms with Crippen LogP contribution in [0.2, 0.25) is 0 Å². The minimum Gasteiger partial charge on any atom is -0.0760 e. The minimum atomic E-state index is -0.372. The van der Waals surface area contributed by atoms with Crippen LogP contribution in [0.15, 0.2) is 77.4 Å². The van der Waals surface area contributed by atoms with Crippen LogP contribution in [0, 0.1) is 12.8 Å². The molecule has 17 heavy (non-hydrogen) atoms. The lowest BCUT2D eigenvalue weighted by Crippen LogP contribution is -2.02. The molecule has 82 valence electrons. The maximum Gasteiger partial charge on any atom is 0.0136 e.